The summed E-state index contributed by atoms with van der Waals surface area (Å²) >= 11 is 1.70. The average molecular weight is 310 g/mol. The lowest BCUT2D eigenvalue weighted by atomic mass is 10.2. The largest absolute Gasteiger partial charge is 0.397 e. The third kappa shape index (κ3) is 3.32. The number of anilines is 2. The molecule has 6 heteroatoms. The van der Waals surface area contributed by atoms with Crippen LogP contribution in [0.25, 0.3) is 0 Å². The van der Waals surface area contributed by atoms with Gasteiger partial charge >= 0.3 is 0 Å². The van der Waals surface area contributed by atoms with E-state index in [1.165, 1.54) is 17.2 Å². The molecule has 1 aromatic heterocycles. The molecule has 2 N–H and O–H groups in total. The minimum Gasteiger partial charge on any atom is -0.397 e. The van der Waals surface area contributed by atoms with Crippen LogP contribution < -0.4 is 10.6 Å². The van der Waals surface area contributed by atoms with Crippen LogP contribution in [0.15, 0.2) is 40.6 Å². The summed E-state index contributed by atoms with van der Waals surface area (Å²) < 4.78 is 23.0. The van der Waals surface area contributed by atoms with Crippen LogP contribution in [0.1, 0.15) is 11.8 Å². The summed E-state index contributed by atoms with van der Waals surface area (Å²) in [6.45, 7) is 3.63. The summed E-state index contributed by atoms with van der Waals surface area (Å²) in [7, 11) is -3.22. The van der Waals surface area contributed by atoms with Gasteiger partial charge in [-0.05, 0) is 36.6 Å². The zero-order valence-electron chi connectivity index (χ0n) is 11.5. The second kappa shape index (κ2) is 5.85. The van der Waals surface area contributed by atoms with Crippen molar-refractivity contribution in [3.8, 4) is 0 Å². The number of nitrogen functional groups attached to an aromatic ring is 1. The van der Waals surface area contributed by atoms with Crippen molar-refractivity contribution < 1.29 is 8.42 Å². The van der Waals surface area contributed by atoms with Crippen molar-refractivity contribution >= 4 is 32.5 Å². The number of nitrogens with zero attached hydrogens (tertiary/aromatic N) is 1. The first-order valence-electron chi connectivity index (χ1n) is 6.28. The number of benzene rings is 1. The number of sulfone groups is 1. The summed E-state index contributed by atoms with van der Waals surface area (Å²) in [5.41, 5.74) is 7.38. The molecule has 0 bridgehead atoms. The Hall–Kier alpha value is -1.53. The van der Waals surface area contributed by atoms with Crippen molar-refractivity contribution in [1.29, 1.82) is 0 Å². The minimum atomic E-state index is -3.22. The molecule has 0 aliphatic heterocycles. The topological polar surface area (TPSA) is 63.4 Å². The Kier molecular flexibility index (Phi) is 4.35. The van der Waals surface area contributed by atoms with E-state index in [9.17, 15) is 8.42 Å². The first-order chi connectivity index (χ1) is 9.41. The van der Waals surface area contributed by atoms with E-state index in [-0.39, 0.29) is 4.90 Å². The van der Waals surface area contributed by atoms with Gasteiger partial charge in [-0.2, -0.15) is 0 Å². The van der Waals surface area contributed by atoms with Gasteiger partial charge in [-0.15, -0.1) is 11.3 Å². The molecular formula is C14H18N2O2S2. The lowest BCUT2D eigenvalue weighted by molar-refractivity contribution is 0.602. The fraction of sp³-hybridized carbons (Fsp3) is 0.286. The molecule has 20 heavy (non-hydrogen) atoms. The molecule has 2 aromatic rings. The summed E-state index contributed by atoms with van der Waals surface area (Å²) in [4.78, 5) is 3.64. The number of thiophene rings is 1. The molecule has 0 saturated carbocycles. The first kappa shape index (κ1) is 14.9. The van der Waals surface area contributed by atoms with E-state index in [0.29, 0.717) is 5.69 Å². The van der Waals surface area contributed by atoms with Gasteiger partial charge < -0.3 is 10.6 Å². The van der Waals surface area contributed by atoms with E-state index < -0.39 is 9.84 Å². The zero-order valence-corrected chi connectivity index (χ0v) is 13.2. The predicted octanol–water partition coefficient (Wildman–Crippen LogP) is 2.76. The van der Waals surface area contributed by atoms with Crippen LogP contribution in [-0.2, 0) is 16.4 Å². The lowest BCUT2D eigenvalue weighted by Gasteiger charge is -2.24. The van der Waals surface area contributed by atoms with Crippen molar-refractivity contribution in [2.75, 3.05) is 23.4 Å². The van der Waals surface area contributed by atoms with Gasteiger partial charge in [-0.1, -0.05) is 6.07 Å². The van der Waals surface area contributed by atoms with Crippen LogP contribution in [0.3, 0.4) is 0 Å². The normalized spacial score (nSPS) is 11.5. The molecule has 0 atom stereocenters. The van der Waals surface area contributed by atoms with E-state index in [1.807, 2.05) is 11.4 Å². The zero-order chi connectivity index (χ0) is 14.8. The highest BCUT2D eigenvalue weighted by Gasteiger charge is 2.13. The summed E-state index contributed by atoms with van der Waals surface area (Å²) in [5, 5.41) is 2.04. The minimum absolute atomic E-state index is 0.255. The Morgan fingerprint density at radius 1 is 1.30 bits per heavy atom. The Morgan fingerprint density at radius 2 is 2.05 bits per heavy atom. The predicted molar refractivity (Wildman–Crippen MR) is 85.0 cm³/mol. The lowest BCUT2D eigenvalue weighted by Crippen LogP contribution is -2.22. The average Bonchev–Trinajstić information content (AvgIpc) is 2.88. The van der Waals surface area contributed by atoms with Crippen molar-refractivity contribution in [2.24, 2.45) is 0 Å². The Bertz CT molecular complexity index is 679. The Morgan fingerprint density at radius 3 is 2.55 bits per heavy atom. The first-order valence-corrected chi connectivity index (χ1v) is 9.06. The monoisotopic (exact) mass is 310 g/mol. The molecule has 1 heterocycles. The number of nitrogens with two attached hydrogens (primary N) is 1. The van der Waals surface area contributed by atoms with Crippen molar-refractivity contribution in [3.63, 3.8) is 0 Å². The smallest absolute Gasteiger partial charge is 0.175 e. The van der Waals surface area contributed by atoms with Gasteiger partial charge in [0.15, 0.2) is 9.84 Å². The Labute approximate surface area is 123 Å². The van der Waals surface area contributed by atoms with Gasteiger partial charge in [-0.3, -0.25) is 0 Å². The van der Waals surface area contributed by atoms with Crippen molar-refractivity contribution in [1.82, 2.24) is 0 Å². The van der Waals surface area contributed by atoms with Crippen molar-refractivity contribution in [2.45, 2.75) is 18.4 Å². The van der Waals surface area contributed by atoms with Gasteiger partial charge in [0.05, 0.1) is 22.8 Å². The highest BCUT2D eigenvalue weighted by molar-refractivity contribution is 7.90. The molecule has 1 aromatic carbocycles. The van der Waals surface area contributed by atoms with E-state index in [1.54, 1.807) is 23.5 Å². The molecule has 0 aliphatic carbocycles. The van der Waals surface area contributed by atoms with E-state index in [0.717, 1.165) is 18.8 Å². The van der Waals surface area contributed by atoms with Crippen LogP contribution in [0.4, 0.5) is 11.4 Å². The van der Waals surface area contributed by atoms with Crippen LogP contribution in [0.5, 0.6) is 0 Å². The van der Waals surface area contributed by atoms with Crippen LogP contribution in [0, 0.1) is 0 Å². The molecule has 0 spiro atoms. The third-order valence-electron chi connectivity index (χ3n) is 3.08. The van der Waals surface area contributed by atoms with Gasteiger partial charge in [0, 0.05) is 17.7 Å². The third-order valence-corrected chi connectivity index (χ3v) is 5.05. The number of rotatable bonds is 5. The number of hydrogen-bond donors (Lipinski definition) is 1. The molecule has 0 fully saturated rings. The van der Waals surface area contributed by atoms with Gasteiger partial charge in [0.2, 0.25) is 0 Å². The van der Waals surface area contributed by atoms with Crippen molar-refractivity contribution in [3.05, 3.63) is 40.6 Å². The fourth-order valence-corrected chi connectivity index (χ4v) is 3.38. The molecule has 0 aliphatic rings. The SMILES string of the molecule is CCN(Cc1cccs1)c1ccc(S(C)(=O)=O)cc1N. The van der Waals surface area contributed by atoms with E-state index in [2.05, 4.69) is 17.9 Å². The Balaban J connectivity index is 2.31. The summed E-state index contributed by atoms with van der Waals surface area (Å²) in [6, 6.07) is 9.01. The highest BCUT2D eigenvalue weighted by atomic mass is 32.2. The second-order valence-corrected chi connectivity index (χ2v) is 7.63. The van der Waals surface area contributed by atoms with Crippen LogP contribution in [-0.4, -0.2) is 21.2 Å². The molecule has 108 valence electrons. The molecule has 0 saturated heterocycles. The van der Waals surface area contributed by atoms with E-state index in [4.69, 9.17) is 5.73 Å². The summed E-state index contributed by atoms with van der Waals surface area (Å²) in [5.74, 6) is 0. The quantitative estimate of drug-likeness (QED) is 0.863. The van der Waals surface area contributed by atoms with E-state index >= 15 is 0 Å². The number of hydrogen-bond acceptors (Lipinski definition) is 5. The summed E-state index contributed by atoms with van der Waals surface area (Å²) in [6.07, 6.45) is 1.19. The maximum Gasteiger partial charge on any atom is 0.175 e. The van der Waals surface area contributed by atoms with Crippen LogP contribution in [0.2, 0.25) is 0 Å². The fourth-order valence-electron chi connectivity index (χ4n) is 2.01. The maximum absolute atomic E-state index is 11.5. The van der Waals surface area contributed by atoms with Gasteiger partial charge in [-0.25, -0.2) is 8.42 Å². The highest BCUT2D eigenvalue weighted by Crippen LogP contribution is 2.28. The second-order valence-electron chi connectivity index (χ2n) is 4.59. The van der Waals surface area contributed by atoms with Crippen LogP contribution >= 0.6 is 11.3 Å². The molecule has 0 amide bonds. The maximum atomic E-state index is 11.5. The molecule has 0 radical (unpaired) electrons. The standard InChI is InChI=1S/C14H18N2O2S2/c1-3-16(10-11-5-4-8-19-11)14-7-6-12(9-13(14)15)20(2,17)18/h4-9H,3,10,15H2,1-2H3. The molecule has 4 nitrogen and oxygen atoms in total. The molecule has 2 rings (SSSR count). The molecule has 0 unspecified atom stereocenters. The van der Waals surface area contributed by atoms with Gasteiger partial charge in [0.1, 0.15) is 0 Å². The molecular weight excluding hydrogens is 292 g/mol. The van der Waals surface area contributed by atoms with Gasteiger partial charge in [0.25, 0.3) is 0 Å².